The van der Waals surface area contributed by atoms with Crippen LogP contribution in [0.4, 0.5) is 0 Å². The van der Waals surface area contributed by atoms with Gasteiger partial charge in [0.25, 0.3) is 0 Å². The van der Waals surface area contributed by atoms with E-state index in [-0.39, 0.29) is 26.4 Å². The van der Waals surface area contributed by atoms with Gasteiger partial charge in [0.05, 0.1) is 33.0 Å². The minimum absolute atomic E-state index is 0.00537. The fourth-order valence-corrected chi connectivity index (χ4v) is 7.27. The highest BCUT2D eigenvalue weighted by atomic mass is 16.9. The molecule has 7 rings (SSSR count). The summed E-state index contributed by atoms with van der Waals surface area (Å²) in [5, 5.41) is 0. The molecule has 0 N–H and O–H groups in total. The van der Waals surface area contributed by atoms with E-state index in [1.54, 1.807) is 0 Å². The van der Waals surface area contributed by atoms with Crippen molar-refractivity contribution in [2.24, 2.45) is 0 Å². The zero-order valence-corrected chi connectivity index (χ0v) is 30.9. The number of carbonyl (C=O) groups excluding carboxylic acids is 1. The largest absolute Gasteiger partial charge is 0.454 e. The summed E-state index contributed by atoms with van der Waals surface area (Å²) in [6.45, 7) is 9.71. The molecule has 12 nitrogen and oxygen atoms in total. The van der Waals surface area contributed by atoms with Crippen molar-refractivity contribution in [1.82, 2.24) is 0 Å². The molecule has 0 bridgehead atoms. The first-order valence-electron chi connectivity index (χ1n) is 18.3. The summed E-state index contributed by atoms with van der Waals surface area (Å²) in [6.07, 6.45) is -7.13. The van der Waals surface area contributed by atoms with Crippen LogP contribution in [0.25, 0.3) is 0 Å². The monoisotopic (exact) mass is 734 g/mol. The van der Waals surface area contributed by atoms with Gasteiger partial charge < -0.3 is 52.1 Å². The molecule has 0 amide bonds. The van der Waals surface area contributed by atoms with Crippen molar-refractivity contribution in [2.75, 3.05) is 13.2 Å². The molecule has 286 valence electrons. The average molecular weight is 735 g/mol. The molecule has 3 aromatic rings. The molecular weight excluding hydrogens is 684 g/mol. The normalized spacial score (nSPS) is 32.8. The third-order valence-corrected chi connectivity index (χ3v) is 9.53. The zero-order chi connectivity index (χ0) is 37.0. The van der Waals surface area contributed by atoms with Gasteiger partial charge in [0, 0.05) is 6.92 Å². The Kier molecular flexibility index (Phi) is 11.9. The second-order valence-electron chi connectivity index (χ2n) is 14.7. The minimum Gasteiger partial charge on any atom is -0.454 e. The third kappa shape index (κ3) is 9.52. The Morgan fingerprint density at radius 3 is 1.70 bits per heavy atom. The molecule has 4 fully saturated rings. The predicted octanol–water partition coefficient (Wildman–Crippen LogP) is 5.44. The van der Waals surface area contributed by atoms with Crippen LogP contribution in [-0.2, 0) is 76.7 Å². The lowest BCUT2D eigenvalue weighted by atomic mass is 9.97. The Morgan fingerprint density at radius 2 is 1.09 bits per heavy atom. The number of fused-ring (bicyclic) bond motifs is 3. The van der Waals surface area contributed by atoms with Crippen LogP contribution in [0.5, 0.6) is 0 Å². The van der Waals surface area contributed by atoms with E-state index in [0.717, 1.165) is 16.7 Å². The molecule has 12 heteroatoms. The van der Waals surface area contributed by atoms with E-state index in [4.69, 9.17) is 52.1 Å². The maximum Gasteiger partial charge on any atom is 0.303 e. The second kappa shape index (κ2) is 16.6. The number of esters is 1. The van der Waals surface area contributed by atoms with Gasteiger partial charge >= 0.3 is 5.97 Å². The van der Waals surface area contributed by atoms with Crippen molar-refractivity contribution < 1.29 is 56.9 Å². The highest BCUT2D eigenvalue weighted by Crippen LogP contribution is 2.44. The average Bonchev–Trinajstić information content (AvgIpc) is 3.64. The molecule has 0 saturated carbocycles. The smallest absolute Gasteiger partial charge is 0.303 e. The standard InChI is InChI=1S/C41H50O12/c1-26(42)47-36-34(45-23-29-19-13-8-14-20-29)32(44-22-28-17-11-7-12-18-28)30(24-43-21-27-15-9-6-10-16-27)48-38(36)46-25-31-33-35(51-40(2,3)50-33)37-39(49-31)53-41(4,5)52-37/h6-20,30-39H,21-25H2,1-5H3/t30?,31?,32-,33+,34?,35?,36?,37?,38+,39-/m1/s1. The summed E-state index contributed by atoms with van der Waals surface area (Å²) in [6, 6.07) is 29.5. The maximum atomic E-state index is 12.7. The SMILES string of the molecule is CC(=O)OC1C(OCc2ccccc2)[C@H](OCc2ccccc2)C(COCc2ccccc2)O[C@@H]1OCC1O[C@@H]2OC(C)(C)OC2C2OC(C)(C)O[C@@H]12. The number of carbonyl (C=O) groups is 1. The Labute approximate surface area is 310 Å². The van der Waals surface area contributed by atoms with Crippen LogP contribution in [0.2, 0.25) is 0 Å². The first kappa shape index (κ1) is 38.0. The quantitative estimate of drug-likeness (QED) is 0.196. The van der Waals surface area contributed by atoms with Crippen molar-refractivity contribution in [1.29, 1.82) is 0 Å². The summed E-state index contributed by atoms with van der Waals surface area (Å²) in [7, 11) is 0. The van der Waals surface area contributed by atoms with E-state index in [2.05, 4.69) is 0 Å². The number of hydrogen-bond acceptors (Lipinski definition) is 12. The van der Waals surface area contributed by atoms with E-state index in [9.17, 15) is 4.79 Å². The summed E-state index contributed by atoms with van der Waals surface area (Å²) >= 11 is 0. The van der Waals surface area contributed by atoms with Gasteiger partial charge in [0.2, 0.25) is 0 Å². The van der Waals surface area contributed by atoms with E-state index in [0.29, 0.717) is 6.61 Å². The number of rotatable bonds is 14. The summed E-state index contributed by atoms with van der Waals surface area (Å²) in [4.78, 5) is 12.7. The second-order valence-corrected chi connectivity index (χ2v) is 14.7. The Hall–Kier alpha value is -3.27. The van der Waals surface area contributed by atoms with Gasteiger partial charge in [0.1, 0.15) is 42.7 Å². The maximum absolute atomic E-state index is 12.7. The minimum atomic E-state index is -1.09. The van der Waals surface area contributed by atoms with Gasteiger partial charge in [-0.05, 0) is 44.4 Å². The molecule has 4 aliphatic heterocycles. The predicted molar refractivity (Wildman–Crippen MR) is 189 cm³/mol. The zero-order valence-electron chi connectivity index (χ0n) is 30.9. The fraction of sp³-hybridized carbons (Fsp3) is 0.537. The van der Waals surface area contributed by atoms with Crippen LogP contribution in [-0.4, -0.2) is 92.2 Å². The molecule has 0 aliphatic carbocycles. The molecule has 0 radical (unpaired) electrons. The molecule has 3 aromatic carbocycles. The van der Waals surface area contributed by atoms with Crippen LogP contribution in [0.1, 0.15) is 51.3 Å². The molecule has 0 aromatic heterocycles. The molecule has 6 unspecified atom stereocenters. The number of hydrogen-bond donors (Lipinski definition) is 0. The lowest BCUT2D eigenvalue weighted by Crippen LogP contribution is -2.63. The van der Waals surface area contributed by atoms with E-state index in [1.165, 1.54) is 6.92 Å². The van der Waals surface area contributed by atoms with Crippen molar-refractivity contribution in [3.05, 3.63) is 108 Å². The highest BCUT2D eigenvalue weighted by molar-refractivity contribution is 5.66. The molecule has 4 aliphatic rings. The van der Waals surface area contributed by atoms with Crippen molar-refractivity contribution in [3.8, 4) is 0 Å². The van der Waals surface area contributed by atoms with Gasteiger partial charge in [-0.1, -0.05) is 91.0 Å². The van der Waals surface area contributed by atoms with Crippen molar-refractivity contribution >= 4 is 5.97 Å². The van der Waals surface area contributed by atoms with Crippen LogP contribution in [0.3, 0.4) is 0 Å². The molecule has 4 saturated heterocycles. The lowest BCUT2D eigenvalue weighted by molar-refractivity contribution is -0.330. The summed E-state index contributed by atoms with van der Waals surface area (Å²) in [5.74, 6) is -2.28. The fourth-order valence-electron chi connectivity index (χ4n) is 7.27. The van der Waals surface area contributed by atoms with E-state index < -0.39 is 79.0 Å². The molecule has 10 atom stereocenters. The van der Waals surface area contributed by atoms with Crippen LogP contribution in [0.15, 0.2) is 91.0 Å². The van der Waals surface area contributed by atoms with Gasteiger partial charge in [-0.2, -0.15) is 0 Å². The Morgan fingerprint density at radius 1 is 0.566 bits per heavy atom. The van der Waals surface area contributed by atoms with Crippen molar-refractivity contribution in [3.63, 3.8) is 0 Å². The number of ether oxygens (including phenoxy) is 11. The Bertz CT molecular complexity index is 1600. The summed E-state index contributed by atoms with van der Waals surface area (Å²) < 4.78 is 70.1. The lowest BCUT2D eigenvalue weighted by Gasteiger charge is -2.46. The molecular formula is C41H50O12. The Balaban J connectivity index is 1.16. The van der Waals surface area contributed by atoms with E-state index in [1.807, 2.05) is 119 Å². The molecule has 4 heterocycles. The summed E-state index contributed by atoms with van der Waals surface area (Å²) in [5.41, 5.74) is 2.92. The van der Waals surface area contributed by atoms with Crippen molar-refractivity contribution in [2.45, 2.75) is 127 Å². The molecule has 53 heavy (non-hydrogen) atoms. The first-order valence-corrected chi connectivity index (χ1v) is 18.3. The first-order chi connectivity index (χ1) is 25.5. The van der Waals surface area contributed by atoms with Crippen LogP contribution < -0.4 is 0 Å². The van der Waals surface area contributed by atoms with Gasteiger partial charge in [-0.15, -0.1) is 0 Å². The molecule has 0 spiro atoms. The van der Waals surface area contributed by atoms with Gasteiger partial charge in [0.15, 0.2) is 30.3 Å². The van der Waals surface area contributed by atoms with Crippen LogP contribution in [0, 0.1) is 0 Å². The van der Waals surface area contributed by atoms with E-state index >= 15 is 0 Å². The van der Waals surface area contributed by atoms with Gasteiger partial charge in [-0.3, -0.25) is 4.79 Å². The van der Waals surface area contributed by atoms with Crippen LogP contribution >= 0.6 is 0 Å². The van der Waals surface area contributed by atoms with Gasteiger partial charge in [-0.25, -0.2) is 0 Å². The topological polar surface area (TPSA) is 119 Å². The number of benzene rings is 3. The third-order valence-electron chi connectivity index (χ3n) is 9.53. The highest BCUT2D eigenvalue weighted by Gasteiger charge is 2.61.